The van der Waals surface area contributed by atoms with Gasteiger partial charge in [0.15, 0.2) is 5.82 Å². The SMILES string of the molecule is Clc1cccc(CNc2nnc(Cc3ccncc3)c3ccccc23)c1. The van der Waals surface area contributed by atoms with E-state index >= 15 is 0 Å². The highest BCUT2D eigenvalue weighted by Crippen LogP contribution is 2.25. The van der Waals surface area contributed by atoms with Crippen LogP contribution in [0, 0.1) is 0 Å². The van der Waals surface area contributed by atoms with E-state index in [9.17, 15) is 0 Å². The second-order valence-electron chi connectivity index (χ2n) is 6.06. The maximum Gasteiger partial charge on any atom is 0.156 e. The molecule has 0 fully saturated rings. The fourth-order valence-electron chi connectivity index (χ4n) is 2.95. The van der Waals surface area contributed by atoms with Crippen molar-refractivity contribution in [2.75, 3.05) is 5.32 Å². The lowest BCUT2D eigenvalue weighted by Crippen LogP contribution is -2.05. The van der Waals surface area contributed by atoms with Gasteiger partial charge >= 0.3 is 0 Å². The lowest BCUT2D eigenvalue weighted by Gasteiger charge is -2.11. The first-order valence-corrected chi connectivity index (χ1v) is 8.79. The van der Waals surface area contributed by atoms with Crippen LogP contribution < -0.4 is 5.32 Å². The summed E-state index contributed by atoms with van der Waals surface area (Å²) >= 11 is 6.06. The molecule has 128 valence electrons. The molecule has 4 nitrogen and oxygen atoms in total. The molecule has 0 unspecified atom stereocenters. The highest BCUT2D eigenvalue weighted by atomic mass is 35.5. The van der Waals surface area contributed by atoms with Gasteiger partial charge in [-0.1, -0.05) is 48.0 Å². The first-order chi connectivity index (χ1) is 12.8. The summed E-state index contributed by atoms with van der Waals surface area (Å²) in [6.45, 7) is 0.642. The molecule has 0 spiro atoms. The third-order valence-corrected chi connectivity index (χ3v) is 4.47. The van der Waals surface area contributed by atoms with Crippen LogP contribution in [0.4, 0.5) is 5.82 Å². The zero-order chi connectivity index (χ0) is 17.8. The maximum absolute atomic E-state index is 6.06. The molecule has 2 aromatic carbocycles. The summed E-state index contributed by atoms with van der Waals surface area (Å²) in [5.74, 6) is 0.777. The largest absolute Gasteiger partial charge is 0.364 e. The standard InChI is InChI=1S/C21H17ClN4/c22-17-5-3-4-16(12-17)14-24-21-19-7-2-1-6-18(19)20(25-26-21)13-15-8-10-23-11-9-15/h1-12H,13-14H2,(H,24,26). The molecular weight excluding hydrogens is 344 g/mol. The molecule has 2 aromatic heterocycles. The van der Waals surface area contributed by atoms with Gasteiger partial charge in [-0.05, 0) is 35.4 Å². The van der Waals surface area contributed by atoms with E-state index in [-0.39, 0.29) is 0 Å². The first-order valence-electron chi connectivity index (χ1n) is 8.41. The highest BCUT2D eigenvalue weighted by molar-refractivity contribution is 6.30. The van der Waals surface area contributed by atoms with Gasteiger partial charge in [0, 0.05) is 41.2 Å². The Kier molecular flexibility index (Phi) is 4.75. The Morgan fingerprint density at radius 2 is 1.62 bits per heavy atom. The van der Waals surface area contributed by atoms with Crippen molar-refractivity contribution in [3.63, 3.8) is 0 Å². The van der Waals surface area contributed by atoms with E-state index in [0.717, 1.165) is 39.3 Å². The zero-order valence-corrected chi connectivity index (χ0v) is 14.8. The monoisotopic (exact) mass is 360 g/mol. The molecule has 1 N–H and O–H groups in total. The lowest BCUT2D eigenvalue weighted by molar-refractivity contribution is 0.946. The Bertz CT molecular complexity index is 1030. The molecule has 0 saturated carbocycles. The second kappa shape index (κ2) is 7.50. The van der Waals surface area contributed by atoms with Crippen LogP contribution in [0.2, 0.25) is 5.02 Å². The average Bonchev–Trinajstić information content (AvgIpc) is 2.68. The van der Waals surface area contributed by atoms with Crippen LogP contribution in [0.5, 0.6) is 0 Å². The maximum atomic E-state index is 6.06. The number of anilines is 1. The highest BCUT2D eigenvalue weighted by Gasteiger charge is 2.09. The number of pyridine rings is 1. The molecule has 0 bridgehead atoms. The van der Waals surface area contributed by atoms with E-state index in [1.54, 1.807) is 12.4 Å². The van der Waals surface area contributed by atoms with Crippen LogP contribution in [0.25, 0.3) is 10.8 Å². The molecule has 4 aromatic rings. The van der Waals surface area contributed by atoms with Crippen molar-refractivity contribution in [1.29, 1.82) is 0 Å². The molecule has 0 aliphatic carbocycles. The van der Waals surface area contributed by atoms with Crippen molar-refractivity contribution >= 4 is 28.2 Å². The van der Waals surface area contributed by atoms with Gasteiger partial charge in [0.05, 0.1) is 5.69 Å². The number of nitrogens with zero attached hydrogens (tertiary/aromatic N) is 3. The molecule has 0 aliphatic rings. The third-order valence-electron chi connectivity index (χ3n) is 4.23. The van der Waals surface area contributed by atoms with Crippen LogP contribution >= 0.6 is 11.6 Å². The molecule has 0 saturated heterocycles. The van der Waals surface area contributed by atoms with E-state index in [4.69, 9.17) is 11.6 Å². The fourth-order valence-corrected chi connectivity index (χ4v) is 3.16. The minimum atomic E-state index is 0.642. The Hall–Kier alpha value is -2.98. The van der Waals surface area contributed by atoms with Gasteiger partial charge in [-0.2, -0.15) is 5.10 Å². The Morgan fingerprint density at radius 1 is 0.808 bits per heavy atom. The quantitative estimate of drug-likeness (QED) is 0.551. The average molecular weight is 361 g/mol. The molecule has 5 heteroatoms. The molecular formula is C21H17ClN4. The summed E-state index contributed by atoms with van der Waals surface area (Å²) in [4.78, 5) is 4.07. The normalized spacial score (nSPS) is 10.8. The predicted octanol–water partition coefficient (Wildman–Crippen LogP) is 4.88. The van der Waals surface area contributed by atoms with E-state index in [0.29, 0.717) is 6.54 Å². The van der Waals surface area contributed by atoms with Gasteiger partial charge in [0.2, 0.25) is 0 Å². The Morgan fingerprint density at radius 3 is 2.42 bits per heavy atom. The van der Waals surface area contributed by atoms with Gasteiger partial charge in [0.1, 0.15) is 0 Å². The Balaban J connectivity index is 1.63. The number of nitrogens with one attached hydrogen (secondary N) is 1. The summed E-state index contributed by atoms with van der Waals surface area (Å²) in [5.41, 5.74) is 3.23. The molecule has 2 heterocycles. The van der Waals surface area contributed by atoms with Gasteiger partial charge < -0.3 is 5.32 Å². The van der Waals surface area contributed by atoms with E-state index in [2.05, 4.69) is 32.6 Å². The van der Waals surface area contributed by atoms with E-state index < -0.39 is 0 Å². The minimum Gasteiger partial charge on any atom is -0.364 e. The Labute approximate surface area is 156 Å². The summed E-state index contributed by atoms with van der Waals surface area (Å²) < 4.78 is 0. The van der Waals surface area contributed by atoms with Crippen molar-refractivity contribution in [2.24, 2.45) is 0 Å². The third kappa shape index (κ3) is 3.65. The molecule has 4 rings (SSSR count). The number of rotatable bonds is 5. The molecule has 0 aliphatic heterocycles. The van der Waals surface area contributed by atoms with Crippen LogP contribution in [0.15, 0.2) is 73.1 Å². The summed E-state index contributed by atoms with van der Waals surface area (Å²) in [5, 5.41) is 15.2. The van der Waals surface area contributed by atoms with Crippen molar-refractivity contribution in [3.05, 3.63) is 94.9 Å². The van der Waals surface area contributed by atoms with Crippen LogP contribution in [-0.4, -0.2) is 15.2 Å². The van der Waals surface area contributed by atoms with Crippen molar-refractivity contribution in [2.45, 2.75) is 13.0 Å². The number of aromatic nitrogens is 3. The summed E-state index contributed by atoms with van der Waals surface area (Å²) in [6.07, 6.45) is 4.32. The smallest absolute Gasteiger partial charge is 0.156 e. The van der Waals surface area contributed by atoms with Crippen LogP contribution in [-0.2, 0) is 13.0 Å². The zero-order valence-electron chi connectivity index (χ0n) is 14.1. The molecule has 0 radical (unpaired) electrons. The fraction of sp³-hybridized carbons (Fsp3) is 0.0952. The number of halogens is 1. The van der Waals surface area contributed by atoms with Crippen molar-refractivity contribution in [3.8, 4) is 0 Å². The number of hydrogen-bond acceptors (Lipinski definition) is 4. The summed E-state index contributed by atoms with van der Waals surface area (Å²) in [6, 6.07) is 20.0. The minimum absolute atomic E-state index is 0.642. The van der Waals surface area contributed by atoms with Gasteiger partial charge in [-0.25, -0.2) is 0 Å². The number of benzene rings is 2. The predicted molar refractivity (Wildman–Crippen MR) is 105 cm³/mol. The van der Waals surface area contributed by atoms with E-state index in [1.165, 1.54) is 5.56 Å². The van der Waals surface area contributed by atoms with Crippen molar-refractivity contribution in [1.82, 2.24) is 15.2 Å². The van der Waals surface area contributed by atoms with Gasteiger partial charge in [-0.3, -0.25) is 4.98 Å². The summed E-state index contributed by atoms with van der Waals surface area (Å²) in [7, 11) is 0. The van der Waals surface area contributed by atoms with Gasteiger partial charge in [-0.15, -0.1) is 5.10 Å². The number of fused-ring (bicyclic) bond motifs is 1. The second-order valence-corrected chi connectivity index (χ2v) is 6.49. The number of hydrogen-bond donors (Lipinski definition) is 1. The first kappa shape index (κ1) is 16.5. The van der Waals surface area contributed by atoms with Crippen LogP contribution in [0.3, 0.4) is 0 Å². The lowest BCUT2D eigenvalue weighted by atomic mass is 10.0. The molecule has 0 amide bonds. The molecule has 26 heavy (non-hydrogen) atoms. The van der Waals surface area contributed by atoms with E-state index in [1.807, 2.05) is 48.5 Å². The molecule has 0 atom stereocenters. The van der Waals surface area contributed by atoms with Crippen LogP contribution in [0.1, 0.15) is 16.8 Å². The van der Waals surface area contributed by atoms with Gasteiger partial charge in [0.25, 0.3) is 0 Å². The van der Waals surface area contributed by atoms with Crippen molar-refractivity contribution < 1.29 is 0 Å². The topological polar surface area (TPSA) is 50.7 Å².